The summed E-state index contributed by atoms with van der Waals surface area (Å²) < 4.78 is 0. The second kappa shape index (κ2) is 10.0. The Balaban J connectivity index is 0.000000223. The van der Waals surface area contributed by atoms with Gasteiger partial charge in [-0.15, -0.1) is 0 Å². The molecule has 0 aliphatic heterocycles. The predicted octanol–water partition coefficient (Wildman–Crippen LogP) is 2.41. The maximum absolute atomic E-state index is 5.53. The summed E-state index contributed by atoms with van der Waals surface area (Å²) in [5.41, 5.74) is 10.8. The third-order valence-corrected chi connectivity index (χ3v) is 2.46. The van der Waals surface area contributed by atoms with E-state index >= 15 is 0 Å². The molecule has 0 amide bonds. The van der Waals surface area contributed by atoms with E-state index in [-0.39, 0.29) is 0 Å². The molecule has 2 nitrogen and oxygen atoms in total. The minimum absolute atomic E-state index is 0.546. The largest absolute Gasteiger partial charge is 0.330 e. The fourth-order valence-corrected chi connectivity index (χ4v) is 1.53. The van der Waals surface area contributed by atoms with E-state index in [1.54, 1.807) is 0 Å². The molecule has 1 fully saturated rings. The molecule has 0 heterocycles. The summed E-state index contributed by atoms with van der Waals surface area (Å²) in [4.78, 5) is 0. The molecule has 0 aromatic rings. The van der Waals surface area contributed by atoms with Crippen molar-refractivity contribution in [3.05, 3.63) is 0 Å². The highest BCUT2D eigenvalue weighted by Crippen LogP contribution is 2.14. The van der Waals surface area contributed by atoms with Crippen molar-refractivity contribution >= 4 is 0 Å². The van der Waals surface area contributed by atoms with Gasteiger partial charge in [0.15, 0.2) is 0 Å². The summed E-state index contributed by atoms with van der Waals surface area (Å²) >= 11 is 0. The first-order chi connectivity index (χ1) is 6.31. The first kappa shape index (κ1) is 12.9. The van der Waals surface area contributed by atoms with Crippen LogP contribution >= 0.6 is 0 Å². The number of unbranched alkanes of at least 4 members (excludes halogenated alkanes) is 3. The molecule has 1 aliphatic rings. The molecule has 13 heavy (non-hydrogen) atoms. The third kappa shape index (κ3) is 9.84. The highest BCUT2D eigenvalue weighted by molar-refractivity contribution is 4.67. The lowest BCUT2D eigenvalue weighted by molar-refractivity contribution is 0.674. The number of hydrogen-bond donors (Lipinski definition) is 2. The topological polar surface area (TPSA) is 52.0 Å². The Hall–Kier alpha value is -0.0800. The van der Waals surface area contributed by atoms with Crippen molar-refractivity contribution in [2.75, 3.05) is 6.54 Å². The lowest BCUT2D eigenvalue weighted by Crippen LogP contribution is -2.13. The van der Waals surface area contributed by atoms with Gasteiger partial charge in [0.1, 0.15) is 0 Å². The van der Waals surface area contributed by atoms with Gasteiger partial charge in [-0.2, -0.15) is 0 Å². The summed E-state index contributed by atoms with van der Waals surface area (Å²) in [6.45, 7) is 3.07. The van der Waals surface area contributed by atoms with E-state index in [1.165, 1.54) is 51.4 Å². The van der Waals surface area contributed by atoms with Gasteiger partial charge in [0, 0.05) is 6.04 Å². The van der Waals surface area contributed by atoms with Crippen molar-refractivity contribution in [3.63, 3.8) is 0 Å². The third-order valence-electron chi connectivity index (χ3n) is 2.46. The molecule has 0 bridgehead atoms. The van der Waals surface area contributed by atoms with Crippen LogP contribution in [0.2, 0.25) is 0 Å². The van der Waals surface area contributed by atoms with E-state index in [9.17, 15) is 0 Å². The minimum atomic E-state index is 0.546. The van der Waals surface area contributed by atoms with Gasteiger partial charge >= 0.3 is 0 Å². The minimum Gasteiger partial charge on any atom is -0.330 e. The normalized spacial score (nSPS) is 16.8. The van der Waals surface area contributed by atoms with Gasteiger partial charge in [-0.05, 0) is 25.8 Å². The van der Waals surface area contributed by atoms with Crippen LogP contribution in [0.25, 0.3) is 0 Å². The van der Waals surface area contributed by atoms with E-state index in [0.29, 0.717) is 6.04 Å². The zero-order chi connectivity index (χ0) is 9.94. The van der Waals surface area contributed by atoms with E-state index in [1.807, 2.05) is 0 Å². The smallest absolute Gasteiger partial charge is 0.00388 e. The van der Waals surface area contributed by atoms with Crippen molar-refractivity contribution in [1.82, 2.24) is 0 Å². The summed E-state index contributed by atoms with van der Waals surface area (Å²) in [6.07, 6.45) is 10.4. The van der Waals surface area contributed by atoms with Gasteiger partial charge in [0.2, 0.25) is 0 Å². The van der Waals surface area contributed by atoms with Gasteiger partial charge in [-0.1, -0.05) is 39.0 Å². The van der Waals surface area contributed by atoms with Crippen LogP contribution in [0, 0.1) is 0 Å². The Morgan fingerprint density at radius 1 is 1.08 bits per heavy atom. The van der Waals surface area contributed by atoms with Gasteiger partial charge < -0.3 is 11.5 Å². The zero-order valence-electron chi connectivity index (χ0n) is 9.10. The fraction of sp³-hybridized carbons (Fsp3) is 1.00. The molecule has 4 N–H and O–H groups in total. The number of rotatable bonds is 4. The summed E-state index contributed by atoms with van der Waals surface area (Å²) in [5.74, 6) is 0. The number of hydrogen-bond acceptors (Lipinski definition) is 2. The van der Waals surface area contributed by atoms with Crippen molar-refractivity contribution < 1.29 is 0 Å². The fourth-order valence-electron chi connectivity index (χ4n) is 1.53. The van der Waals surface area contributed by atoms with Gasteiger partial charge in [0.25, 0.3) is 0 Å². The van der Waals surface area contributed by atoms with Gasteiger partial charge in [-0.3, -0.25) is 0 Å². The van der Waals surface area contributed by atoms with Crippen molar-refractivity contribution in [2.24, 2.45) is 11.5 Å². The van der Waals surface area contributed by atoms with Crippen LogP contribution < -0.4 is 11.5 Å². The molecule has 0 radical (unpaired) electrons. The van der Waals surface area contributed by atoms with Crippen LogP contribution in [0.5, 0.6) is 0 Å². The van der Waals surface area contributed by atoms with E-state index in [4.69, 9.17) is 11.5 Å². The highest BCUT2D eigenvalue weighted by atomic mass is 14.6. The molecule has 0 aromatic carbocycles. The number of nitrogens with two attached hydrogens (primary N) is 2. The van der Waals surface area contributed by atoms with Crippen LogP contribution in [0.15, 0.2) is 0 Å². The van der Waals surface area contributed by atoms with Crippen LogP contribution in [0.1, 0.15) is 58.3 Å². The molecule has 1 saturated carbocycles. The maximum atomic E-state index is 5.53. The Morgan fingerprint density at radius 2 is 1.69 bits per heavy atom. The van der Waals surface area contributed by atoms with E-state index in [0.717, 1.165) is 6.54 Å². The first-order valence-corrected chi connectivity index (χ1v) is 5.77. The zero-order valence-corrected chi connectivity index (χ0v) is 9.10. The molecule has 0 aromatic heterocycles. The Labute approximate surface area is 83.1 Å². The second-order valence-electron chi connectivity index (χ2n) is 3.89. The van der Waals surface area contributed by atoms with Crippen LogP contribution in [-0.2, 0) is 0 Å². The lowest BCUT2D eigenvalue weighted by atomic mass is 10.2. The molecular weight excluding hydrogens is 160 g/mol. The van der Waals surface area contributed by atoms with Gasteiger partial charge in [0.05, 0.1) is 0 Å². The van der Waals surface area contributed by atoms with Crippen molar-refractivity contribution in [3.8, 4) is 0 Å². The van der Waals surface area contributed by atoms with Crippen LogP contribution in [0.3, 0.4) is 0 Å². The first-order valence-electron chi connectivity index (χ1n) is 5.77. The standard InChI is InChI=1S/C6H15N.C5H11N/c1-2-3-4-5-6-7;6-5-3-1-2-4-5/h2-7H2,1H3;5H,1-4,6H2. The maximum Gasteiger partial charge on any atom is 0.00388 e. The van der Waals surface area contributed by atoms with Crippen molar-refractivity contribution in [1.29, 1.82) is 0 Å². The molecule has 0 spiro atoms. The van der Waals surface area contributed by atoms with Gasteiger partial charge in [-0.25, -0.2) is 0 Å². The van der Waals surface area contributed by atoms with Crippen LogP contribution in [-0.4, -0.2) is 12.6 Å². The summed E-state index contributed by atoms with van der Waals surface area (Å²) in [7, 11) is 0. The highest BCUT2D eigenvalue weighted by Gasteiger charge is 2.07. The molecule has 1 aliphatic carbocycles. The molecular formula is C11H26N2. The molecule has 80 valence electrons. The summed E-state index contributed by atoms with van der Waals surface area (Å²) in [6, 6.07) is 0.546. The van der Waals surface area contributed by atoms with Crippen LogP contribution in [0.4, 0.5) is 0 Å². The van der Waals surface area contributed by atoms with Crippen molar-refractivity contribution in [2.45, 2.75) is 64.3 Å². The monoisotopic (exact) mass is 186 g/mol. The van der Waals surface area contributed by atoms with E-state index in [2.05, 4.69) is 6.92 Å². The predicted molar refractivity (Wildman–Crippen MR) is 59.6 cm³/mol. The lowest BCUT2D eigenvalue weighted by Gasteiger charge is -1.92. The average Bonchev–Trinajstić information content (AvgIpc) is 2.58. The molecule has 0 unspecified atom stereocenters. The molecule has 0 atom stereocenters. The molecule has 0 saturated heterocycles. The second-order valence-corrected chi connectivity index (χ2v) is 3.89. The Kier molecular flexibility index (Phi) is 9.94. The SMILES string of the molecule is CCCCCCN.NC1CCCC1. The molecule has 2 heteroatoms. The molecule has 1 rings (SSSR count). The summed E-state index contributed by atoms with van der Waals surface area (Å²) in [5, 5.41) is 0. The van der Waals surface area contributed by atoms with E-state index < -0.39 is 0 Å². The Bertz CT molecular complexity index is 84.1. The Morgan fingerprint density at radius 3 is 2.00 bits per heavy atom. The quantitative estimate of drug-likeness (QED) is 0.662. The average molecular weight is 186 g/mol.